The van der Waals surface area contributed by atoms with Crippen LogP contribution in [0.15, 0.2) is 134 Å². The Morgan fingerprint density at radius 1 is 0.318 bits per heavy atom. The lowest BCUT2D eigenvalue weighted by Gasteiger charge is -2.18. The minimum Gasteiger partial charge on any atom is -0.462 e. The molecular formula is C60H94O6. The average Bonchev–Trinajstić information content (AvgIpc) is 3.31. The summed E-state index contributed by atoms with van der Waals surface area (Å²) in [6.07, 6.45) is 74.4. The maximum Gasteiger partial charge on any atom is 0.306 e. The molecule has 66 heavy (non-hydrogen) atoms. The number of allylic oxidation sites excluding steroid dienone is 22. The Morgan fingerprint density at radius 2 is 0.652 bits per heavy atom. The van der Waals surface area contributed by atoms with Gasteiger partial charge in [-0.05, 0) is 77.0 Å². The Bertz CT molecular complexity index is 1460. The van der Waals surface area contributed by atoms with Crippen molar-refractivity contribution in [3.05, 3.63) is 134 Å². The molecule has 0 aromatic rings. The maximum atomic E-state index is 12.8. The lowest BCUT2D eigenvalue weighted by molar-refractivity contribution is -0.167. The molecule has 0 saturated carbocycles. The molecule has 0 fully saturated rings. The lowest BCUT2D eigenvalue weighted by atomic mass is 10.1. The molecule has 370 valence electrons. The fraction of sp³-hybridized carbons (Fsp3) is 0.583. The van der Waals surface area contributed by atoms with Crippen LogP contribution in [0.25, 0.3) is 0 Å². The average molecular weight is 911 g/mol. The summed E-state index contributed by atoms with van der Waals surface area (Å²) in [4.78, 5) is 38.0. The highest BCUT2D eigenvalue weighted by Gasteiger charge is 2.19. The van der Waals surface area contributed by atoms with E-state index in [4.69, 9.17) is 14.2 Å². The smallest absolute Gasteiger partial charge is 0.306 e. The standard InChI is InChI=1S/C60H94O6/c1-4-7-10-13-16-19-22-25-27-29-31-32-35-38-41-44-47-50-53-59(62)65-56-57(55-64-58(61)52-49-46-43-40-37-34-24-21-18-15-12-9-6-3)66-60(63)54-51-48-45-42-39-36-33-30-28-26-23-20-17-14-11-8-5-2/h9-10,12-13,15-16,18-19,21-22,24-29,31-32,34,37,40,43,57H,4-8,11,14,17,20,23,30,33,35-36,38-39,41-42,44-56H2,1-3H3/b12-9+,13-10+,18-15+,19-16+,24-21+,25-22+,28-26+,29-27+,32-31+,37-34+,43-40+. The topological polar surface area (TPSA) is 78.9 Å². The predicted molar refractivity (Wildman–Crippen MR) is 283 cm³/mol. The van der Waals surface area contributed by atoms with Crippen molar-refractivity contribution < 1.29 is 28.6 Å². The minimum atomic E-state index is -0.825. The van der Waals surface area contributed by atoms with Gasteiger partial charge >= 0.3 is 17.9 Å². The van der Waals surface area contributed by atoms with Crippen LogP contribution < -0.4 is 0 Å². The van der Waals surface area contributed by atoms with E-state index in [0.29, 0.717) is 19.3 Å². The first-order chi connectivity index (χ1) is 32.5. The molecule has 1 unspecified atom stereocenters. The van der Waals surface area contributed by atoms with Crippen LogP contribution in [0.2, 0.25) is 0 Å². The maximum absolute atomic E-state index is 12.8. The predicted octanol–water partition coefficient (Wildman–Crippen LogP) is 17.5. The van der Waals surface area contributed by atoms with E-state index in [-0.39, 0.29) is 37.5 Å². The third-order valence-electron chi connectivity index (χ3n) is 10.6. The number of unbranched alkanes of at least 4 members (excludes halogenated alkanes) is 20. The van der Waals surface area contributed by atoms with Crippen molar-refractivity contribution >= 4 is 17.9 Å². The number of carbonyl (C=O) groups is 3. The Balaban J connectivity index is 4.55. The van der Waals surface area contributed by atoms with Crippen LogP contribution in [0.4, 0.5) is 0 Å². The van der Waals surface area contributed by atoms with Gasteiger partial charge in [-0.25, -0.2) is 0 Å². The van der Waals surface area contributed by atoms with E-state index < -0.39 is 6.10 Å². The molecule has 1 atom stereocenters. The fourth-order valence-electron chi connectivity index (χ4n) is 6.67. The molecule has 0 spiro atoms. The van der Waals surface area contributed by atoms with Crippen LogP contribution in [0.3, 0.4) is 0 Å². The van der Waals surface area contributed by atoms with E-state index in [9.17, 15) is 14.4 Å². The molecule has 6 heteroatoms. The van der Waals surface area contributed by atoms with Gasteiger partial charge in [0.05, 0.1) is 0 Å². The van der Waals surface area contributed by atoms with Crippen molar-refractivity contribution in [2.75, 3.05) is 13.2 Å². The molecule has 0 heterocycles. The van der Waals surface area contributed by atoms with Crippen molar-refractivity contribution in [1.82, 2.24) is 0 Å². The molecule has 0 aliphatic carbocycles. The Morgan fingerprint density at radius 3 is 1.09 bits per heavy atom. The van der Waals surface area contributed by atoms with E-state index in [1.54, 1.807) is 0 Å². The van der Waals surface area contributed by atoms with Crippen molar-refractivity contribution in [2.45, 2.75) is 213 Å². The first kappa shape index (κ1) is 61.5. The van der Waals surface area contributed by atoms with Gasteiger partial charge in [0.1, 0.15) is 13.2 Å². The molecule has 0 radical (unpaired) electrons. The number of hydrogen-bond acceptors (Lipinski definition) is 6. The first-order valence-electron chi connectivity index (χ1n) is 26.3. The second-order valence-electron chi connectivity index (χ2n) is 16.9. The normalized spacial score (nSPS) is 13.2. The molecule has 0 aromatic heterocycles. The van der Waals surface area contributed by atoms with Gasteiger partial charge in [-0.2, -0.15) is 0 Å². The summed E-state index contributed by atoms with van der Waals surface area (Å²) in [5.74, 6) is -1.03. The molecule has 0 rings (SSSR count). The van der Waals surface area contributed by atoms with Gasteiger partial charge in [0, 0.05) is 19.3 Å². The molecule has 0 N–H and O–H groups in total. The monoisotopic (exact) mass is 911 g/mol. The minimum absolute atomic E-state index is 0.121. The number of rotatable bonds is 45. The van der Waals surface area contributed by atoms with E-state index in [2.05, 4.69) is 63.3 Å². The highest BCUT2D eigenvalue weighted by molar-refractivity contribution is 5.71. The van der Waals surface area contributed by atoms with Crippen LogP contribution >= 0.6 is 0 Å². The summed E-state index contributed by atoms with van der Waals surface area (Å²) < 4.78 is 16.7. The largest absolute Gasteiger partial charge is 0.462 e. The third kappa shape index (κ3) is 50.5. The molecule has 0 aromatic carbocycles. The van der Waals surface area contributed by atoms with Gasteiger partial charge in [0.25, 0.3) is 0 Å². The van der Waals surface area contributed by atoms with Gasteiger partial charge in [-0.3, -0.25) is 14.4 Å². The van der Waals surface area contributed by atoms with Crippen LogP contribution in [0.5, 0.6) is 0 Å². The van der Waals surface area contributed by atoms with Crippen molar-refractivity contribution in [3.63, 3.8) is 0 Å². The van der Waals surface area contributed by atoms with Crippen LogP contribution in [-0.4, -0.2) is 37.2 Å². The molecule has 0 aliphatic heterocycles. The second-order valence-corrected chi connectivity index (χ2v) is 16.9. The lowest BCUT2D eigenvalue weighted by Crippen LogP contribution is -2.30. The molecule has 0 amide bonds. The number of hydrogen-bond donors (Lipinski definition) is 0. The highest BCUT2D eigenvalue weighted by atomic mass is 16.6. The third-order valence-corrected chi connectivity index (χ3v) is 10.6. The van der Waals surface area contributed by atoms with E-state index in [0.717, 1.165) is 77.0 Å². The summed E-state index contributed by atoms with van der Waals surface area (Å²) in [6.45, 7) is 6.29. The van der Waals surface area contributed by atoms with Crippen molar-refractivity contribution in [2.24, 2.45) is 0 Å². The zero-order chi connectivity index (χ0) is 47.9. The van der Waals surface area contributed by atoms with Crippen molar-refractivity contribution in [3.8, 4) is 0 Å². The molecule has 0 saturated heterocycles. The van der Waals surface area contributed by atoms with E-state index in [1.807, 2.05) is 91.1 Å². The fourth-order valence-corrected chi connectivity index (χ4v) is 6.67. The van der Waals surface area contributed by atoms with Crippen LogP contribution in [0.1, 0.15) is 207 Å². The second kappa shape index (κ2) is 53.2. The SMILES string of the molecule is CC/C=C/C=C/C=C/C=C/C=C/CCCC(=O)OCC(COC(=O)CCCCCCC/C=C/C=C/C=C/C=C/C=C/CCC)OC(=O)CCCCCCCCC/C=C/CCCCCCCC. The molecular weight excluding hydrogens is 817 g/mol. The van der Waals surface area contributed by atoms with Gasteiger partial charge in [-0.15, -0.1) is 0 Å². The van der Waals surface area contributed by atoms with Gasteiger partial charge < -0.3 is 14.2 Å². The molecule has 6 nitrogen and oxygen atoms in total. The van der Waals surface area contributed by atoms with Crippen molar-refractivity contribution in [1.29, 1.82) is 0 Å². The first-order valence-corrected chi connectivity index (χ1v) is 26.3. The summed E-state index contributed by atoms with van der Waals surface area (Å²) in [7, 11) is 0. The van der Waals surface area contributed by atoms with Gasteiger partial charge in [-0.1, -0.05) is 244 Å². The van der Waals surface area contributed by atoms with E-state index in [1.165, 1.54) is 83.5 Å². The molecule has 0 bridgehead atoms. The Hall–Kier alpha value is -4.45. The number of esters is 3. The number of carbonyl (C=O) groups excluding carboxylic acids is 3. The van der Waals surface area contributed by atoms with Gasteiger partial charge in [0.15, 0.2) is 6.10 Å². The zero-order valence-corrected chi connectivity index (χ0v) is 42.1. The van der Waals surface area contributed by atoms with Crippen LogP contribution in [0, 0.1) is 0 Å². The highest BCUT2D eigenvalue weighted by Crippen LogP contribution is 2.13. The number of ether oxygens (including phenoxy) is 3. The molecule has 0 aliphatic rings. The summed E-state index contributed by atoms with van der Waals surface area (Å²) in [5, 5.41) is 0. The van der Waals surface area contributed by atoms with E-state index >= 15 is 0 Å². The summed E-state index contributed by atoms with van der Waals surface area (Å²) in [6, 6.07) is 0. The summed E-state index contributed by atoms with van der Waals surface area (Å²) in [5.41, 5.74) is 0. The Kier molecular flexibility index (Phi) is 49.6. The zero-order valence-electron chi connectivity index (χ0n) is 42.1. The van der Waals surface area contributed by atoms with Crippen LogP contribution in [-0.2, 0) is 28.6 Å². The quantitative estimate of drug-likeness (QED) is 0.0199. The summed E-state index contributed by atoms with van der Waals surface area (Å²) >= 11 is 0. The van der Waals surface area contributed by atoms with Gasteiger partial charge in [0.2, 0.25) is 0 Å². The Labute approximate surface area is 405 Å².